The number of halogens is 3. The lowest BCUT2D eigenvalue weighted by molar-refractivity contribution is -0.249. The number of alkyl halides is 2. The molecule has 0 spiro atoms. The molecule has 2 aliphatic carbocycles. The first kappa shape index (κ1) is 31.9. The van der Waals surface area contributed by atoms with Crippen molar-refractivity contribution < 1.29 is 17.9 Å². The van der Waals surface area contributed by atoms with E-state index in [0.717, 1.165) is 49.1 Å². The highest BCUT2D eigenvalue weighted by atomic mass is 19.3. The normalized spacial score (nSPS) is 23.7. The first-order valence-electron chi connectivity index (χ1n) is 16.4. The Bertz CT molecular complexity index is 1060. The Morgan fingerprint density at radius 2 is 1.41 bits per heavy atom. The third-order valence-electron chi connectivity index (χ3n) is 9.79. The molecule has 4 rings (SSSR count). The molecule has 4 heteroatoms. The molecule has 0 atom stereocenters. The van der Waals surface area contributed by atoms with Gasteiger partial charge >= 0.3 is 6.11 Å². The highest BCUT2D eigenvalue weighted by Gasteiger charge is 2.36. The predicted molar refractivity (Wildman–Crippen MR) is 164 cm³/mol. The van der Waals surface area contributed by atoms with Gasteiger partial charge in [-0.25, -0.2) is 4.39 Å². The zero-order valence-electron chi connectivity index (χ0n) is 25.4. The molecule has 0 amide bonds. The Kier molecular flexibility index (Phi) is 12.4. The van der Waals surface area contributed by atoms with Gasteiger partial charge in [-0.2, -0.15) is 8.78 Å². The summed E-state index contributed by atoms with van der Waals surface area (Å²) in [6.45, 7) is 4.14. The van der Waals surface area contributed by atoms with Gasteiger partial charge in [-0.3, -0.25) is 0 Å². The largest absolute Gasteiger partial charge is 0.386 e. The summed E-state index contributed by atoms with van der Waals surface area (Å²) in [6.07, 6.45) is 18.0. The first-order valence-corrected chi connectivity index (χ1v) is 16.4. The molecule has 41 heavy (non-hydrogen) atoms. The monoisotopic (exact) mass is 568 g/mol. The molecule has 0 N–H and O–H groups in total. The lowest BCUT2D eigenvalue weighted by Crippen LogP contribution is -2.22. The van der Waals surface area contributed by atoms with Crippen LogP contribution in [0.4, 0.5) is 13.2 Å². The number of unbranched alkanes of at least 4 members (excludes halogenated alkanes) is 2. The fraction of sp³-hybridized carbons (Fsp3) is 0.622. The standard InChI is InChI=1S/C37H51F3O/c1-3-5-7-9-28-11-17-31(18-12-28)32-19-15-30(16-20-32)25-26-41-37(39,40)35-24-23-34(27-36(35)38)33-21-13-29(14-22-33)10-8-6-4-2/h4,6,15-16,19-20,23-24,27-29,31,33H,3,5,7-14,17-18,21-22,25-26H2,1-2H3/b6-4+. The number of hydrogen-bond donors (Lipinski definition) is 0. The van der Waals surface area contributed by atoms with E-state index in [9.17, 15) is 13.2 Å². The van der Waals surface area contributed by atoms with Crippen LogP contribution >= 0.6 is 0 Å². The van der Waals surface area contributed by atoms with Crippen molar-refractivity contribution >= 4 is 0 Å². The molecule has 0 aliphatic heterocycles. The summed E-state index contributed by atoms with van der Waals surface area (Å²) < 4.78 is 49.6. The summed E-state index contributed by atoms with van der Waals surface area (Å²) in [7, 11) is 0. The molecule has 0 saturated heterocycles. The van der Waals surface area contributed by atoms with Crippen molar-refractivity contribution in [3.63, 3.8) is 0 Å². The predicted octanol–water partition coefficient (Wildman–Crippen LogP) is 11.6. The second kappa shape index (κ2) is 16.0. The molecule has 2 aromatic rings. The zero-order valence-corrected chi connectivity index (χ0v) is 25.4. The van der Waals surface area contributed by atoms with Gasteiger partial charge in [-0.05, 0) is 130 Å². The van der Waals surface area contributed by atoms with Crippen LogP contribution in [-0.2, 0) is 17.3 Å². The minimum absolute atomic E-state index is 0.159. The van der Waals surface area contributed by atoms with Crippen LogP contribution in [0, 0.1) is 17.7 Å². The van der Waals surface area contributed by atoms with Crippen LogP contribution in [0.15, 0.2) is 54.6 Å². The summed E-state index contributed by atoms with van der Waals surface area (Å²) in [5.41, 5.74) is 2.49. The number of allylic oxidation sites excluding steroid dienone is 2. The van der Waals surface area contributed by atoms with Gasteiger partial charge in [0.15, 0.2) is 0 Å². The summed E-state index contributed by atoms with van der Waals surface area (Å²) in [5.74, 6) is 1.58. The quantitative estimate of drug-likeness (QED) is 0.163. The van der Waals surface area contributed by atoms with Crippen LogP contribution in [0.25, 0.3) is 0 Å². The molecule has 1 nitrogen and oxygen atoms in total. The number of rotatable bonds is 14. The maximum atomic E-state index is 14.9. The van der Waals surface area contributed by atoms with Crippen LogP contribution in [0.5, 0.6) is 0 Å². The molecule has 0 radical (unpaired) electrons. The summed E-state index contributed by atoms with van der Waals surface area (Å²) in [4.78, 5) is 0. The maximum absolute atomic E-state index is 14.9. The van der Waals surface area contributed by atoms with Gasteiger partial charge in [-0.15, -0.1) is 0 Å². The molecule has 0 bridgehead atoms. The van der Waals surface area contributed by atoms with Crippen LogP contribution in [-0.4, -0.2) is 6.61 Å². The van der Waals surface area contributed by atoms with E-state index in [1.807, 2.05) is 19.1 Å². The topological polar surface area (TPSA) is 9.23 Å². The highest BCUT2D eigenvalue weighted by molar-refractivity contribution is 5.29. The van der Waals surface area contributed by atoms with Gasteiger partial charge in [-0.1, -0.05) is 75.1 Å². The zero-order chi connectivity index (χ0) is 29.1. The van der Waals surface area contributed by atoms with E-state index in [-0.39, 0.29) is 12.5 Å². The van der Waals surface area contributed by atoms with Crippen LogP contribution in [0.1, 0.15) is 138 Å². The second-order valence-electron chi connectivity index (χ2n) is 12.7. The Hall–Kier alpha value is -2.07. The molecule has 226 valence electrons. The van der Waals surface area contributed by atoms with E-state index in [4.69, 9.17) is 4.74 Å². The Morgan fingerprint density at radius 1 is 0.805 bits per heavy atom. The smallest absolute Gasteiger partial charge is 0.316 e. The molecule has 2 saturated carbocycles. The summed E-state index contributed by atoms with van der Waals surface area (Å²) in [5, 5.41) is 0. The molecule has 0 heterocycles. The SMILES string of the molecule is C/C=C/CCC1CCC(c2ccc(C(F)(F)OCCc3ccc(C4CCC(CCCCC)CC4)cc3)c(F)c2)CC1. The van der Waals surface area contributed by atoms with Gasteiger partial charge in [0.1, 0.15) is 5.82 Å². The third kappa shape index (κ3) is 9.46. The van der Waals surface area contributed by atoms with E-state index >= 15 is 0 Å². The molecule has 2 fully saturated rings. The maximum Gasteiger partial charge on any atom is 0.386 e. The van der Waals surface area contributed by atoms with E-state index in [1.165, 1.54) is 75.5 Å². The highest BCUT2D eigenvalue weighted by Crippen LogP contribution is 2.40. The molecule has 0 unspecified atom stereocenters. The van der Waals surface area contributed by atoms with Crippen molar-refractivity contribution in [2.45, 2.75) is 128 Å². The third-order valence-corrected chi connectivity index (χ3v) is 9.79. The fourth-order valence-electron chi connectivity index (χ4n) is 7.10. The van der Waals surface area contributed by atoms with Crippen molar-refractivity contribution in [2.75, 3.05) is 6.61 Å². The van der Waals surface area contributed by atoms with Crippen molar-refractivity contribution in [2.24, 2.45) is 11.8 Å². The molecular weight excluding hydrogens is 517 g/mol. The Morgan fingerprint density at radius 3 is 2.02 bits per heavy atom. The van der Waals surface area contributed by atoms with E-state index in [2.05, 4.69) is 31.2 Å². The minimum Gasteiger partial charge on any atom is -0.316 e. The van der Waals surface area contributed by atoms with E-state index < -0.39 is 17.5 Å². The second-order valence-corrected chi connectivity index (χ2v) is 12.7. The van der Waals surface area contributed by atoms with Crippen LogP contribution < -0.4 is 0 Å². The van der Waals surface area contributed by atoms with Crippen molar-refractivity contribution in [3.05, 3.63) is 82.7 Å². The fourth-order valence-corrected chi connectivity index (χ4v) is 7.10. The van der Waals surface area contributed by atoms with Crippen LogP contribution in [0.3, 0.4) is 0 Å². The number of benzene rings is 2. The number of hydrogen-bond acceptors (Lipinski definition) is 1. The van der Waals surface area contributed by atoms with E-state index in [1.54, 1.807) is 6.07 Å². The van der Waals surface area contributed by atoms with Crippen molar-refractivity contribution in [1.82, 2.24) is 0 Å². The van der Waals surface area contributed by atoms with Gasteiger partial charge in [0.05, 0.1) is 12.2 Å². The lowest BCUT2D eigenvalue weighted by atomic mass is 9.77. The van der Waals surface area contributed by atoms with Gasteiger partial charge in [0, 0.05) is 0 Å². The first-order chi connectivity index (χ1) is 19.9. The van der Waals surface area contributed by atoms with E-state index in [0.29, 0.717) is 18.3 Å². The van der Waals surface area contributed by atoms with Crippen molar-refractivity contribution in [3.8, 4) is 0 Å². The molecule has 2 aliphatic rings. The van der Waals surface area contributed by atoms with Crippen LogP contribution in [0.2, 0.25) is 0 Å². The minimum atomic E-state index is -3.65. The van der Waals surface area contributed by atoms with Gasteiger partial charge < -0.3 is 4.74 Å². The Labute approximate surface area is 247 Å². The van der Waals surface area contributed by atoms with Gasteiger partial charge in [0.25, 0.3) is 0 Å². The summed E-state index contributed by atoms with van der Waals surface area (Å²) >= 11 is 0. The molecule has 2 aromatic carbocycles. The Balaban J connectivity index is 1.22. The van der Waals surface area contributed by atoms with Gasteiger partial charge in [0.2, 0.25) is 0 Å². The molecule has 0 aromatic heterocycles. The summed E-state index contributed by atoms with van der Waals surface area (Å²) in [6, 6.07) is 12.6. The van der Waals surface area contributed by atoms with Crippen molar-refractivity contribution in [1.29, 1.82) is 0 Å². The average molecular weight is 569 g/mol. The lowest BCUT2D eigenvalue weighted by Gasteiger charge is -2.29. The average Bonchev–Trinajstić information content (AvgIpc) is 2.98. The number of ether oxygens (including phenoxy) is 1. The molecular formula is C37H51F3O.